The van der Waals surface area contributed by atoms with Crippen LogP contribution in [0.1, 0.15) is 25.7 Å². The van der Waals surface area contributed by atoms with Crippen molar-refractivity contribution >= 4 is 15.6 Å². The minimum Gasteiger partial charge on any atom is -0.330 e. The first-order valence-corrected chi connectivity index (χ1v) is 7.92. The first-order valence-electron chi connectivity index (χ1n) is 4.90. The largest absolute Gasteiger partial charge is 0.482 e. The Morgan fingerprint density at radius 3 is 2.18 bits per heavy atom. The maximum Gasteiger partial charge on any atom is 0.482 e. The summed E-state index contributed by atoms with van der Waals surface area (Å²) in [6.07, 6.45) is 1.32. The van der Waals surface area contributed by atoms with Crippen LogP contribution in [0.2, 0.25) is 0 Å². The normalized spacial score (nSPS) is 17.7. The number of hydrogen-bond acceptors (Lipinski definition) is 6. The Labute approximate surface area is 99.0 Å². The summed E-state index contributed by atoms with van der Waals surface area (Å²) < 4.78 is 29.3. The molecule has 11 heteroatoms. The Bertz CT molecular complexity index is 307. The fourth-order valence-electron chi connectivity index (χ4n) is 1.04. The third-order valence-corrected chi connectivity index (χ3v) is 3.88. The number of rotatable bonds is 9. The van der Waals surface area contributed by atoms with Crippen molar-refractivity contribution in [1.29, 1.82) is 0 Å². The average molecular weight is 292 g/mol. The molecule has 0 aliphatic heterocycles. The maximum atomic E-state index is 11.0. The van der Waals surface area contributed by atoms with Gasteiger partial charge in [0.05, 0.1) is 0 Å². The van der Waals surface area contributed by atoms with Crippen molar-refractivity contribution in [3.63, 3.8) is 0 Å². The summed E-state index contributed by atoms with van der Waals surface area (Å²) in [4.78, 5) is 25.6. The molecule has 0 heterocycles. The summed E-state index contributed by atoms with van der Waals surface area (Å²) in [5, 5.41) is 0. The van der Waals surface area contributed by atoms with Crippen molar-refractivity contribution in [2.45, 2.75) is 31.9 Å². The van der Waals surface area contributed by atoms with Crippen LogP contribution in [0.3, 0.4) is 0 Å². The van der Waals surface area contributed by atoms with E-state index in [4.69, 9.17) is 26.1 Å². The van der Waals surface area contributed by atoms with Crippen LogP contribution in [0, 0.1) is 0 Å². The smallest absolute Gasteiger partial charge is 0.330 e. The molecule has 7 N–H and O–H groups in total. The van der Waals surface area contributed by atoms with E-state index >= 15 is 0 Å². The van der Waals surface area contributed by atoms with Crippen molar-refractivity contribution < 1.29 is 32.6 Å². The Morgan fingerprint density at radius 1 is 1.12 bits per heavy atom. The minimum atomic E-state index is -5.09. The van der Waals surface area contributed by atoms with E-state index in [1.807, 2.05) is 0 Å². The molecule has 0 saturated heterocycles. The van der Waals surface area contributed by atoms with E-state index in [0.29, 0.717) is 13.0 Å². The summed E-state index contributed by atoms with van der Waals surface area (Å²) in [7, 11) is -9.93. The second-order valence-corrected chi connectivity index (χ2v) is 6.10. The Balaban J connectivity index is 3.97. The standard InChI is InChI=1S/C6H18N2O7P2/c7-5-3-1-2-4-6(8)14-17(12,13)15-16(9,10)11/h6H,1-5,7-8H2,(H,12,13)(H2,9,10,11). The highest BCUT2D eigenvalue weighted by Gasteiger charge is 2.33. The zero-order chi connectivity index (χ0) is 13.5. The van der Waals surface area contributed by atoms with Gasteiger partial charge in [0, 0.05) is 0 Å². The topological polar surface area (TPSA) is 165 Å². The SMILES string of the molecule is NCCCCCC(N)OP(=O)(O)OP(=O)(O)O. The van der Waals surface area contributed by atoms with Gasteiger partial charge < -0.3 is 26.1 Å². The third kappa shape index (κ3) is 11.0. The fraction of sp³-hybridized carbons (Fsp3) is 1.00. The van der Waals surface area contributed by atoms with Crippen molar-refractivity contribution in [2.75, 3.05) is 6.54 Å². The van der Waals surface area contributed by atoms with Gasteiger partial charge in [0.1, 0.15) is 6.23 Å². The molecule has 0 spiro atoms. The van der Waals surface area contributed by atoms with Gasteiger partial charge in [0.15, 0.2) is 0 Å². The second-order valence-electron chi connectivity index (χ2n) is 3.32. The van der Waals surface area contributed by atoms with Crippen LogP contribution in [0.4, 0.5) is 0 Å². The average Bonchev–Trinajstić information content (AvgIpc) is 2.07. The first-order chi connectivity index (χ1) is 7.66. The molecule has 0 saturated carbocycles. The molecule has 9 nitrogen and oxygen atoms in total. The van der Waals surface area contributed by atoms with E-state index in [1.165, 1.54) is 0 Å². The monoisotopic (exact) mass is 292 g/mol. The van der Waals surface area contributed by atoms with E-state index < -0.39 is 21.9 Å². The van der Waals surface area contributed by atoms with Gasteiger partial charge in [-0.1, -0.05) is 6.42 Å². The van der Waals surface area contributed by atoms with Crippen LogP contribution in [0.5, 0.6) is 0 Å². The van der Waals surface area contributed by atoms with Gasteiger partial charge in [0.25, 0.3) is 0 Å². The van der Waals surface area contributed by atoms with Crippen LogP contribution in [0.15, 0.2) is 0 Å². The molecule has 0 amide bonds. The van der Waals surface area contributed by atoms with Crippen LogP contribution in [0.25, 0.3) is 0 Å². The zero-order valence-electron chi connectivity index (χ0n) is 9.14. The van der Waals surface area contributed by atoms with E-state index in [1.54, 1.807) is 0 Å². The first kappa shape index (κ1) is 17.2. The highest BCUT2D eigenvalue weighted by Crippen LogP contribution is 2.57. The van der Waals surface area contributed by atoms with E-state index in [2.05, 4.69) is 8.83 Å². The minimum absolute atomic E-state index is 0.259. The van der Waals surface area contributed by atoms with Gasteiger partial charge in [-0.15, -0.1) is 0 Å². The number of nitrogens with two attached hydrogens (primary N) is 2. The third-order valence-electron chi connectivity index (χ3n) is 1.67. The van der Waals surface area contributed by atoms with Gasteiger partial charge in [-0.25, -0.2) is 9.13 Å². The van der Waals surface area contributed by atoms with Crippen molar-refractivity contribution in [2.24, 2.45) is 11.5 Å². The molecular formula is C6H18N2O7P2. The Kier molecular flexibility index (Phi) is 7.66. The van der Waals surface area contributed by atoms with Crippen molar-refractivity contribution in [3.8, 4) is 0 Å². The summed E-state index contributed by atoms with van der Waals surface area (Å²) in [5.74, 6) is 0. The molecule has 0 aromatic rings. The van der Waals surface area contributed by atoms with Gasteiger partial charge >= 0.3 is 15.6 Å². The fourth-order valence-corrected chi connectivity index (χ4v) is 2.72. The second kappa shape index (κ2) is 7.58. The zero-order valence-corrected chi connectivity index (χ0v) is 10.9. The molecule has 0 bridgehead atoms. The molecular weight excluding hydrogens is 274 g/mol. The van der Waals surface area contributed by atoms with Crippen LogP contribution >= 0.6 is 15.6 Å². The number of unbranched alkanes of at least 4 members (excludes halogenated alkanes) is 2. The summed E-state index contributed by atoms with van der Waals surface area (Å²) in [5.41, 5.74) is 10.6. The highest BCUT2D eigenvalue weighted by molar-refractivity contribution is 7.60. The highest BCUT2D eigenvalue weighted by atomic mass is 31.3. The summed E-state index contributed by atoms with van der Waals surface area (Å²) in [6, 6.07) is 0. The number of phosphoric ester groups is 1. The molecule has 2 atom stereocenters. The molecule has 17 heavy (non-hydrogen) atoms. The molecule has 0 aromatic heterocycles. The Hall–Kier alpha value is 0.180. The van der Waals surface area contributed by atoms with E-state index in [9.17, 15) is 9.13 Å². The van der Waals surface area contributed by atoms with E-state index in [0.717, 1.165) is 12.8 Å². The van der Waals surface area contributed by atoms with Crippen LogP contribution in [-0.2, 0) is 18.0 Å². The maximum absolute atomic E-state index is 11.0. The lowest BCUT2D eigenvalue weighted by Crippen LogP contribution is -2.22. The van der Waals surface area contributed by atoms with Gasteiger partial charge in [-0.3, -0.25) is 4.52 Å². The Morgan fingerprint density at radius 2 is 1.71 bits per heavy atom. The van der Waals surface area contributed by atoms with Gasteiger partial charge in [0.2, 0.25) is 0 Å². The summed E-state index contributed by atoms with van der Waals surface area (Å²) >= 11 is 0. The predicted molar refractivity (Wildman–Crippen MR) is 59.5 cm³/mol. The number of hydrogen-bond donors (Lipinski definition) is 5. The summed E-state index contributed by atoms with van der Waals surface area (Å²) in [6.45, 7) is 0.538. The molecule has 0 radical (unpaired) electrons. The molecule has 0 aromatic carbocycles. The lowest BCUT2D eigenvalue weighted by atomic mass is 10.2. The molecule has 2 unspecified atom stereocenters. The van der Waals surface area contributed by atoms with Crippen LogP contribution < -0.4 is 11.5 Å². The van der Waals surface area contributed by atoms with E-state index in [-0.39, 0.29) is 6.42 Å². The van der Waals surface area contributed by atoms with Crippen LogP contribution in [-0.4, -0.2) is 27.5 Å². The van der Waals surface area contributed by atoms with Gasteiger partial charge in [-0.05, 0) is 25.8 Å². The lowest BCUT2D eigenvalue weighted by Gasteiger charge is -2.17. The van der Waals surface area contributed by atoms with Crippen molar-refractivity contribution in [1.82, 2.24) is 0 Å². The molecule has 0 rings (SSSR count). The quantitative estimate of drug-likeness (QED) is 0.223. The predicted octanol–water partition coefficient (Wildman–Crippen LogP) is 0.0166. The van der Waals surface area contributed by atoms with Gasteiger partial charge in [-0.2, -0.15) is 4.31 Å². The van der Waals surface area contributed by atoms with Crippen molar-refractivity contribution in [3.05, 3.63) is 0 Å². The molecule has 0 fully saturated rings. The molecule has 0 aliphatic rings. The lowest BCUT2D eigenvalue weighted by molar-refractivity contribution is 0.123. The molecule has 0 aliphatic carbocycles. The molecule has 104 valence electrons. The number of phosphoric acid groups is 2.